The highest BCUT2D eigenvalue weighted by molar-refractivity contribution is 7.98. The molecule has 0 aliphatic carbocycles. The second-order valence-corrected chi connectivity index (χ2v) is 8.16. The van der Waals surface area contributed by atoms with E-state index in [0.29, 0.717) is 39.5 Å². The second kappa shape index (κ2) is 8.68. The Morgan fingerprint density at radius 3 is 2.75 bits per heavy atom. The molecule has 0 radical (unpaired) electrons. The van der Waals surface area contributed by atoms with Crippen molar-refractivity contribution >= 4 is 34.5 Å². The number of nitrogens with zero attached hydrogens (tertiary/aromatic N) is 3. The fourth-order valence-corrected chi connectivity index (χ4v) is 4.14. The molecule has 8 heteroatoms. The summed E-state index contributed by atoms with van der Waals surface area (Å²) in [6.07, 6.45) is 5.18. The summed E-state index contributed by atoms with van der Waals surface area (Å²) in [4.78, 5) is 22.8. The van der Waals surface area contributed by atoms with Crippen LogP contribution in [0.1, 0.15) is 21.6 Å². The number of rotatable bonds is 6. The zero-order chi connectivity index (χ0) is 21.9. The van der Waals surface area contributed by atoms with Gasteiger partial charge in [-0.2, -0.15) is 0 Å². The van der Waals surface area contributed by atoms with E-state index >= 15 is 0 Å². The normalized spacial score (nSPS) is 11.0. The first-order chi connectivity index (χ1) is 15.7. The van der Waals surface area contributed by atoms with Crippen LogP contribution >= 0.6 is 11.8 Å². The molecular weight excluding hydrogens is 424 g/mol. The Morgan fingerprint density at radius 2 is 2.00 bits per heavy atom. The average Bonchev–Trinajstić information content (AvgIpc) is 3.49. The molecule has 0 atom stereocenters. The maximum absolute atomic E-state index is 13.1. The number of furan rings is 1. The lowest BCUT2D eigenvalue weighted by atomic mass is 10.1. The molecule has 4 aromatic heterocycles. The topological polar surface area (TPSA) is 94.0 Å². The number of pyridine rings is 2. The molecule has 7 nitrogen and oxygen atoms in total. The van der Waals surface area contributed by atoms with Crippen molar-refractivity contribution in [2.75, 3.05) is 5.32 Å². The Bertz CT molecular complexity index is 1360. The smallest absolute Gasteiger partial charge is 0.259 e. The summed E-state index contributed by atoms with van der Waals surface area (Å²) >= 11 is 1.71. The molecule has 5 aromatic rings. The number of hydrogen-bond donors (Lipinski definition) is 1. The van der Waals surface area contributed by atoms with Crippen LogP contribution in [0.25, 0.3) is 22.6 Å². The van der Waals surface area contributed by atoms with Crippen LogP contribution in [0.15, 0.2) is 87.1 Å². The number of nitrogens with one attached hydrogen (secondary N) is 1. The summed E-state index contributed by atoms with van der Waals surface area (Å²) in [6, 6.07) is 17.0. The van der Waals surface area contributed by atoms with Gasteiger partial charge in [-0.25, -0.2) is 4.98 Å². The van der Waals surface area contributed by atoms with Crippen molar-refractivity contribution in [3.05, 3.63) is 90.1 Å². The molecule has 0 bridgehead atoms. The van der Waals surface area contributed by atoms with Crippen LogP contribution in [0.5, 0.6) is 0 Å². The van der Waals surface area contributed by atoms with E-state index in [1.807, 2.05) is 42.6 Å². The number of thioether (sulfide) groups is 1. The molecule has 0 spiro atoms. The molecule has 0 aliphatic rings. The molecule has 158 valence electrons. The van der Waals surface area contributed by atoms with Crippen molar-refractivity contribution in [1.82, 2.24) is 15.1 Å². The van der Waals surface area contributed by atoms with Gasteiger partial charge >= 0.3 is 0 Å². The number of hydrogen-bond acceptors (Lipinski definition) is 7. The van der Waals surface area contributed by atoms with E-state index in [1.165, 1.54) is 0 Å². The quantitative estimate of drug-likeness (QED) is 0.336. The summed E-state index contributed by atoms with van der Waals surface area (Å²) in [5.41, 5.74) is 3.68. The number of fused-ring (bicyclic) bond motifs is 1. The second-order valence-electron chi connectivity index (χ2n) is 7.11. The average molecular weight is 443 g/mol. The molecule has 4 heterocycles. The Labute approximate surface area is 187 Å². The minimum atomic E-state index is -0.271. The largest absolute Gasteiger partial charge is 0.463 e. The van der Waals surface area contributed by atoms with Gasteiger partial charge in [0.15, 0.2) is 5.76 Å². The molecule has 0 saturated heterocycles. The Morgan fingerprint density at radius 1 is 1.12 bits per heavy atom. The first-order valence-corrected chi connectivity index (χ1v) is 10.9. The Kier molecular flexibility index (Phi) is 5.43. The molecule has 5 rings (SSSR count). The maximum Gasteiger partial charge on any atom is 0.259 e. The van der Waals surface area contributed by atoms with Gasteiger partial charge in [-0.3, -0.25) is 9.78 Å². The molecular formula is C24H18N4O3S. The van der Waals surface area contributed by atoms with Crippen molar-refractivity contribution in [3.63, 3.8) is 0 Å². The summed E-state index contributed by atoms with van der Waals surface area (Å²) in [5.74, 6) is 1.11. The number of amides is 1. The van der Waals surface area contributed by atoms with E-state index in [2.05, 4.69) is 20.4 Å². The highest BCUT2D eigenvalue weighted by Crippen LogP contribution is 2.28. The molecule has 1 N–H and O–H groups in total. The zero-order valence-electron chi connectivity index (χ0n) is 17.1. The van der Waals surface area contributed by atoms with Crippen LogP contribution < -0.4 is 5.32 Å². The van der Waals surface area contributed by atoms with Crippen molar-refractivity contribution in [2.45, 2.75) is 17.6 Å². The monoisotopic (exact) mass is 442 g/mol. The van der Waals surface area contributed by atoms with Gasteiger partial charge in [0, 0.05) is 28.7 Å². The fourth-order valence-electron chi connectivity index (χ4n) is 3.31. The number of carbonyl (C=O) groups is 1. The van der Waals surface area contributed by atoms with Crippen molar-refractivity contribution in [1.29, 1.82) is 0 Å². The minimum Gasteiger partial charge on any atom is -0.463 e. The molecule has 32 heavy (non-hydrogen) atoms. The minimum absolute atomic E-state index is 0.271. The first-order valence-electron chi connectivity index (χ1n) is 9.91. The van der Waals surface area contributed by atoms with Gasteiger partial charge in [0.1, 0.15) is 5.69 Å². The lowest BCUT2D eigenvalue weighted by molar-refractivity contribution is 0.102. The summed E-state index contributed by atoms with van der Waals surface area (Å²) in [6.45, 7) is 1.78. The van der Waals surface area contributed by atoms with E-state index in [4.69, 9.17) is 8.94 Å². The lowest BCUT2D eigenvalue weighted by Crippen LogP contribution is -2.13. The number of aryl methyl sites for hydroxylation is 1. The lowest BCUT2D eigenvalue weighted by Gasteiger charge is -2.08. The molecule has 0 saturated carbocycles. The third kappa shape index (κ3) is 4.13. The Balaban J connectivity index is 1.36. The van der Waals surface area contributed by atoms with Gasteiger partial charge in [0.2, 0.25) is 0 Å². The van der Waals surface area contributed by atoms with Gasteiger partial charge in [-0.05, 0) is 61.0 Å². The number of benzene rings is 1. The van der Waals surface area contributed by atoms with Gasteiger partial charge in [-0.1, -0.05) is 11.2 Å². The maximum atomic E-state index is 13.1. The highest BCUT2D eigenvalue weighted by atomic mass is 32.2. The van der Waals surface area contributed by atoms with Crippen LogP contribution in [0, 0.1) is 6.92 Å². The molecule has 0 unspecified atom stereocenters. The SMILES string of the molecule is Cc1noc2nc(-c3ccco3)cc(C(=O)Nc3ccc(SCc4cccnc4)cc3)c12. The third-order valence-electron chi connectivity index (χ3n) is 4.88. The van der Waals surface area contributed by atoms with Gasteiger partial charge in [0.25, 0.3) is 11.6 Å². The number of anilines is 1. The van der Waals surface area contributed by atoms with E-state index in [-0.39, 0.29) is 5.91 Å². The van der Waals surface area contributed by atoms with Crippen molar-refractivity contribution in [2.24, 2.45) is 0 Å². The van der Waals surface area contributed by atoms with Crippen LogP contribution in [0.3, 0.4) is 0 Å². The fraction of sp³-hybridized carbons (Fsp3) is 0.0833. The summed E-state index contributed by atoms with van der Waals surface area (Å²) < 4.78 is 10.8. The zero-order valence-corrected chi connectivity index (χ0v) is 17.9. The van der Waals surface area contributed by atoms with Crippen molar-refractivity contribution < 1.29 is 13.7 Å². The first kappa shape index (κ1) is 20.0. The summed E-state index contributed by atoms with van der Waals surface area (Å²) in [5, 5.41) is 7.51. The Hall–Kier alpha value is -3.91. The molecule has 1 amide bonds. The predicted octanol–water partition coefficient (Wildman–Crippen LogP) is 5.73. The van der Waals surface area contributed by atoms with Crippen LogP contribution in [0.2, 0.25) is 0 Å². The number of aromatic nitrogens is 3. The van der Waals surface area contributed by atoms with Gasteiger partial charge < -0.3 is 14.3 Å². The van der Waals surface area contributed by atoms with E-state index in [1.54, 1.807) is 49.3 Å². The van der Waals surface area contributed by atoms with E-state index < -0.39 is 0 Å². The summed E-state index contributed by atoms with van der Waals surface area (Å²) in [7, 11) is 0. The van der Waals surface area contributed by atoms with Crippen LogP contribution in [0.4, 0.5) is 5.69 Å². The third-order valence-corrected chi connectivity index (χ3v) is 5.96. The van der Waals surface area contributed by atoms with Gasteiger partial charge in [0.05, 0.1) is 22.9 Å². The highest BCUT2D eigenvalue weighted by Gasteiger charge is 2.20. The van der Waals surface area contributed by atoms with Crippen molar-refractivity contribution in [3.8, 4) is 11.5 Å². The van der Waals surface area contributed by atoms with E-state index in [0.717, 1.165) is 16.2 Å². The molecule has 1 aromatic carbocycles. The predicted molar refractivity (Wildman–Crippen MR) is 122 cm³/mol. The molecule has 0 fully saturated rings. The van der Waals surface area contributed by atoms with Gasteiger partial charge in [-0.15, -0.1) is 11.8 Å². The van der Waals surface area contributed by atoms with E-state index in [9.17, 15) is 4.79 Å². The molecule has 0 aliphatic heterocycles. The number of carbonyl (C=O) groups excluding carboxylic acids is 1. The standard InChI is InChI=1S/C24H18N4O3S/c1-15-22-19(12-20(21-5-3-11-30-21)27-24(22)31-28-15)23(29)26-17-6-8-18(9-7-17)32-14-16-4-2-10-25-13-16/h2-13H,14H2,1H3,(H,26,29). The van der Waals surface area contributed by atoms with Crippen LogP contribution in [-0.4, -0.2) is 21.0 Å². The van der Waals surface area contributed by atoms with Crippen LogP contribution in [-0.2, 0) is 5.75 Å².